The summed E-state index contributed by atoms with van der Waals surface area (Å²) in [4.78, 5) is 21.9. The maximum atomic E-state index is 13.5. The van der Waals surface area contributed by atoms with Gasteiger partial charge in [0.05, 0.1) is 11.6 Å². The predicted molar refractivity (Wildman–Crippen MR) is 122 cm³/mol. The Labute approximate surface area is 201 Å². The number of nitriles is 1. The highest BCUT2D eigenvalue weighted by molar-refractivity contribution is 5.85. The van der Waals surface area contributed by atoms with Crippen LogP contribution in [0.3, 0.4) is 0 Å². The summed E-state index contributed by atoms with van der Waals surface area (Å²) in [7, 11) is 0. The number of nitrogens with zero attached hydrogens (tertiary/aromatic N) is 4. The lowest BCUT2D eigenvalue weighted by Crippen LogP contribution is -2.44. The van der Waals surface area contributed by atoms with Gasteiger partial charge in [-0.3, -0.25) is 4.79 Å². The largest absolute Gasteiger partial charge is 0.474 e. The molecular formula is C24H27F3N6O2. The second-order valence-corrected chi connectivity index (χ2v) is 8.65. The third-order valence-corrected chi connectivity index (χ3v) is 6.16. The highest BCUT2D eigenvalue weighted by Crippen LogP contribution is 2.33. The van der Waals surface area contributed by atoms with Gasteiger partial charge in [0.1, 0.15) is 18.0 Å². The zero-order valence-electron chi connectivity index (χ0n) is 19.1. The van der Waals surface area contributed by atoms with Crippen LogP contribution < -0.4 is 20.3 Å². The number of halogens is 3. The van der Waals surface area contributed by atoms with Crippen LogP contribution in [0, 0.1) is 11.3 Å². The molecule has 2 fully saturated rings. The SMILES string of the molecule is N#Cc1ccc(CCNC(=O)[C@@H]2CCCN2c2cc(OC3CCNCC3)nc(C(F)(F)F)n2)cc1. The molecule has 0 radical (unpaired) electrons. The summed E-state index contributed by atoms with van der Waals surface area (Å²) >= 11 is 0. The quantitative estimate of drug-likeness (QED) is 0.618. The molecule has 0 spiro atoms. The molecule has 1 aromatic carbocycles. The average Bonchev–Trinajstić information content (AvgIpc) is 3.35. The van der Waals surface area contributed by atoms with E-state index in [2.05, 4.69) is 26.7 Å². The van der Waals surface area contributed by atoms with Crippen molar-refractivity contribution < 1.29 is 22.7 Å². The van der Waals surface area contributed by atoms with Crippen LogP contribution >= 0.6 is 0 Å². The lowest BCUT2D eigenvalue weighted by molar-refractivity contribution is -0.145. The van der Waals surface area contributed by atoms with Crippen molar-refractivity contribution in [3.05, 3.63) is 47.3 Å². The normalized spacial score (nSPS) is 18.8. The number of carbonyl (C=O) groups is 1. The minimum absolute atomic E-state index is 0.0426. The Kier molecular flexibility index (Phi) is 7.70. The maximum Gasteiger partial charge on any atom is 0.451 e. The van der Waals surface area contributed by atoms with Crippen molar-refractivity contribution in [3.63, 3.8) is 0 Å². The summed E-state index contributed by atoms with van der Waals surface area (Å²) in [5.41, 5.74) is 1.53. The summed E-state index contributed by atoms with van der Waals surface area (Å²) in [6, 6.07) is 9.92. The van der Waals surface area contributed by atoms with Crippen molar-refractivity contribution in [1.82, 2.24) is 20.6 Å². The van der Waals surface area contributed by atoms with Gasteiger partial charge in [0.15, 0.2) is 0 Å². The number of alkyl halides is 3. The number of benzene rings is 1. The molecule has 8 nitrogen and oxygen atoms in total. The third kappa shape index (κ3) is 6.39. The zero-order chi connectivity index (χ0) is 24.8. The lowest BCUT2D eigenvalue weighted by atomic mass is 10.1. The fourth-order valence-electron chi connectivity index (χ4n) is 4.34. The van der Waals surface area contributed by atoms with Gasteiger partial charge < -0.3 is 20.3 Å². The summed E-state index contributed by atoms with van der Waals surface area (Å²) in [6.45, 7) is 2.24. The van der Waals surface area contributed by atoms with Crippen molar-refractivity contribution in [2.45, 2.75) is 50.4 Å². The van der Waals surface area contributed by atoms with Gasteiger partial charge in [-0.25, -0.2) is 4.98 Å². The summed E-state index contributed by atoms with van der Waals surface area (Å²) in [5, 5.41) is 14.9. The van der Waals surface area contributed by atoms with E-state index in [1.807, 2.05) is 12.1 Å². The average molecular weight is 489 g/mol. The van der Waals surface area contributed by atoms with Crippen molar-refractivity contribution in [1.29, 1.82) is 5.26 Å². The summed E-state index contributed by atoms with van der Waals surface area (Å²) in [5.74, 6) is -1.61. The van der Waals surface area contributed by atoms with E-state index < -0.39 is 18.0 Å². The molecule has 186 valence electrons. The van der Waals surface area contributed by atoms with Crippen LogP contribution in [-0.4, -0.2) is 54.2 Å². The van der Waals surface area contributed by atoms with Crippen LogP contribution in [0.5, 0.6) is 5.88 Å². The van der Waals surface area contributed by atoms with Crippen LogP contribution in [-0.2, 0) is 17.4 Å². The number of rotatable bonds is 7. The number of hydrogen-bond donors (Lipinski definition) is 2. The fraction of sp³-hybridized carbons (Fsp3) is 0.500. The van der Waals surface area contributed by atoms with Gasteiger partial charge in [0.2, 0.25) is 17.6 Å². The van der Waals surface area contributed by atoms with Gasteiger partial charge in [-0.2, -0.15) is 23.4 Å². The summed E-state index contributed by atoms with van der Waals surface area (Å²) < 4.78 is 46.4. The van der Waals surface area contributed by atoms with Crippen LogP contribution in [0.15, 0.2) is 30.3 Å². The Bertz CT molecular complexity index is 1060. The Morgan fingerprint density at radius 2 is 1.94 bits per heavy atom. The number of carbonyl (C=O) groups excluding carboxylic acids is 1. The van der Waals surface area contributed by atoms with E-state index in [1.54, 1.807) is 17.0 Å². The molecule has 1 amide bonds. The third-order valence-electron chi connectivity index (χ3n) is 6.16. The van der Waals surface area contributed by atoms with Gasteiger partial charge in [-0.15, -0.1) is 0 Å². The van der Waals surface area contributed by atoms with Crippen LogP contribution in [0.1, 0.15) is 42.6 Å². The maximum absolute atomic E-state index is 13.5. The molecule has 35 heavy (non-hydrogen) atoms. The number of hydrogen-bond acceptors (Lipinski definition) is 7. The number of ether oxygens (including phenoxy) is 1. The Balaban J connectivity index is 1.45. The van der Waals surface area contributed by atoms with Gasteiger partial charge in [-0.05, 0) is 62.9 Å². The molecule has 4 rings (SSSR count). The smallest absolute Gasteiger partial charge is 0.451 e. The number of aromatic nitrogens is 2. The molecule has 2 N–H and O–H groups in total. The molecule has 2 saturated heterocycles. The van der Waals surface area contributed by atoms with E-state index in [0.29, 0.717) is 50.8 Å². The molecule has 1 atom stereocenters. The molecule has 0 saturated carbocycles. The molecule has 0 unspecified atom stereocenters. The fourth-order valence-corrected chi connectivity index (χ4v) is 4.34. The highest BCUT2D eigenvalue weighted by Gasteiger charge is 2.38. The number of amides is 1. The first-order chi connectivity index (χ1) is 16.8. The van der Waals surface area contributed by atoms with E-state index in [1.165, 1.54) is 6.07 Å². The van der Waals surface area contributed by atoms with Crippen LogP contribution in [0.25, 0.3) is 0 Å². The first kappa shape index (κ1) is 24.7. The van der Waals surface area contributed by atoms with E-state index in [-0.39, 0.29) is 23.7 Å². The highest BCUT2D eigenvalue weighted by atomic mass is 19.4. The van der Waals surface area contributed by atoms with Gasteiger partial charge >= 0.3 is 6.18 Å². The van der Waals surface area contributed by atoms with Crippen molar-refractivity contribution in [2.24, 2.45) is 0 Å². The Morgan fingerprint density at radius 3 is 2.63 bits per heavy atom. The molecule has 3 heterocycles. The van der Waals surface area contributed by atoms with E-state index in [0.717, 1.165) is 18.7 Å². The molecule has 11 heteroatoms. The number of anilines is 1. The molecule has 2 aromatic rings. The van der Waals surface area contributed by atoms with E-state index in [4.69, 9.17) is 10.00 Å². The van der Waals surface area contributed by atoms with Crippen molar-refractivity contribution in [3.8, 4) is 11.9 Å². The van der Waals surface area contributed by atoms with Crippen molar-refractivity contribution >= 4 is 11.7 Å². The van der Waals surface area contributed by atoms with Gasteiger partial charge in [-0.1, -0.05) is 12.1 Å². The second-order valence-electron chi connectivity index (χ2n) is 8.65. The van der Waals surface area contributed by atoms with Gasteiger partial charge in [0, 0.05) is 19.2 Å². The van der Waals surface area contributed by atoms with E-state index >= 15 is 0 Å². The minimum Gasteiger partial charge on any atom is -0.474 e. The molecular weight excluding hydrogens is 461 g/mol. The Hall–Kier alpha value is -3.39. The molecule has 1 aromatic heterocycles. The molecule has 0 aliphatic carbocycles. The predicted octanol–water partition coefficient (Wildman–Crippen LogP) is 2.83. The minimum atomic E-state index is -4.74. The number of nitrogens with one attached hydrogen (secondary N) is 2. The van der Waals surface area contributed by atoms with Crippen LogP contribution in [0.4, 0.5) is 19.0 Å². The Morgan fingerprint density at radius 1 is 1.20 bits per heavy atom. The molecule has 0 bridgehead atoms. The summed E-state index contributed by atoms with van der Waals surface area (Å²) in [6.07, 6.45) is -1.86. The number of piperidine rings is 1. The topological polar surface area (TPSA) is 103 Å². The monoisotopic (exact) mass is 488 g/mol. The van der Waals surface area contributed by atoms with Gasteiger partial charge in [0.25, 0.3) is 0 Å². The van der Waals surface area contributed by atoms with Crippen LogP contribution in [0.2, 0.25) is 0 Å². The second kappa shape index (κ2) is 10.9. The standard InChI is InChI=1S/C24H27F3N6O2/c25-24(26,27)23-31-20(14-21(32-23)35-18-8-10-29-11-9-18)33-13-1-2-19(33)22(34)30-12-7-16-3-5-17(15-28)6-4-16/h3-6,14,18-19,29H,1-2,7-13H2,(H,30,34)/t19-/m0/s1. The first-order valence-electron chi connectivity index (χ1n) is 11.7. The molecule has 2 aliphatic rings. The zero-order valence-corrected chi connectivity index (χ0v) is 19.1. The lowest BCUT2D eigenvalue weighted by Gasteiger charge is -2.27. The first-order valence-corrected chi connectivity index (χ1v) is 11.7. The van der Waals surface area contributed by atoms with Crippen molar-refractivity contribution in [2.75, 3.05) is 31.1 Å². The molecule has 2 aliphatic heterocycles. The van der Waals surface area contributed by atoms with E-state index in [9.17, 15) is 18.0 Å².